The smallest absolute Gasteiger partial charge is 0.0532 e. The van der Waals surface area contributed by atoms with E-state index in [1.54, 1.807) is 0 Å². The molecule has 0 radical (unpaired) electrons. The van der Waals surface area contributed by atoms with Crippen LogP contribution in [-0.2, 0) is 0 Å². The summed E-state index contributed by atoms with van der Waals surface area (Å²) in [6.45, 7) is 5.71. The van der Waals surface area contributed by atoms with Gasteiger partial charge in [-0.2, -0.15) is 0 Å². The van der Waals surface area contributed by atoms with Gasteiger partial charge in [0.25, 0.3) is 0 Å². The highest BCUT2D eigenvalue weighted by molar-refractivity contribution is 5.25. The summed E-state index contributed by atoms with van der Waals surface area (Å²) in [5, 5.41) is 0. The maximum Gasteiger partial charge on any atom is 0.0532 e. The lowest BCUT2D eigenvalue weighted by Gasteiger charge is -2.15. The molecule has 1 unspecified atom stereocenters. The molecule has 1 aliphatic rings. The molecule has 0 saturated heterocycles. The average Bonchev–Trinajstić information content (AvgIpc) is 1.88. The van der Waals surface area contributed by atoms with E-state index in [2.05, 4.69) is 24.7 Å². The third-order valence-corrected chi connectivity index (χ3v) is 1.81. The highest BCUT2D eigenvalue weighted by Crippen LogP contribution is 2.19. The second-order valence-corrected chi connectivity index (χ2v) is 2.67. The fourth-order valence-electron chi connectivity index (χ4n) is 1.24. The van der Waals surface area contributed by atoms with Gasteiger partial charge in [-0.1, -0.05) is 11.6 Å². The standard InChI is InChI=1S/C8H13N/c1-7-4-3-5-8(6-7)9-2/h4,8H,2-3,5-6H2,1H3. The molecule has 0 aromatic carbocycles. The van der Waals surface area contributed by atoms with Crippen LogP contribution in [0.2, 0.25) is 0 Å². The highest BCUT2D eigenvalue weighted by atomic mass is 14.7. The lowest BCUT2D eigenvalue weighted by molar-refractivity contribution is 0.593. The van der Waals surface area contributed by atoms with Crippen molar-refractivity contribution in [2.24, 2.45) is 4.99 Å². The first-order valence-corrected chi connectivity index (χ1v) is 3.44. The number of aliphatic imine (C=N–C) groups is 1. The van der Waals surface area contributed by atoms with Gasteiger partial charge in [-0.15, -0.1) is 0 Å². The summed E-state index contributed by atoms with van der Waals surface area (Å²) >= 11 is 0. The van der Waals surface area contributed by atoms with Gasteiger partial charge < -0.3 is 0 Å². The molecule has 0 heterocycles. The Kier molecular flexibility index (Phi) is 2.04. The van der Waals surface area contributed by atoms with Gasteiger partial charge >= 0.3 is 0 Å². The van der Waals surface area contributed by atoms with Crippen molar-refractivity contribution < 1.29 is 0 Å². The van der Waals surface area contributed by atoms with Crippen LogP contribution in [0.3, 0.4) is 0 Å². The van der Waals surface area contributed by atoms with Crippen LogP contribution in [0.15, 0.2) is 16.6 Å². The Bertz CT molecular complexity index is 136. The summed E-state index contributed by atoms with van der Waals surface area (Å²) in [5.41, 5.74) is 1.47. The number of nitrogens with zero attached hydrogens (tertiary/aromatic N) is 1. The second-order valence-electron chi connectivity index (χ2n) is 2.67. The van der Waals surface area contributed by atoms with Gasteiger partial charge in [0.1, 0.15) is 0 Å². The first-order valence-electron chi connectivity index (χ1n) is 3.44. The molecule has 0 bridgehead atoms. The summed E-state index contributed by atoms with van der Waals surface area (Å²) in [6, 6.07) is 0.509. The molecule has 0 aliphatic heterocycles. The van der Waals surface area contributed by atoms with E-state index in [1.165, 1.54) is 18.4 Å². The monoisotopic (exact) mass is 123 g/mol. The van der Waals surface area contributed by atoms with Crippen molar-refractivity contribution in [2.45, 2.75) is 32.2 Å². The van der Waals surface area contributed by atoms with Crippen LogP contribution < -0.4 is 0 Å². The molecule has 9 heavy (non-hydrogen) atoms. The molecular weight excluding hydrogens is 110 g/mol. The first-order chi connectivity index (χ1) is 4.33. The van der Waals surface area contributed by atoms with E-state index in [4.69, 9.17) is 0 Å². The van der Waals surface area contributed by atoms with Gasteiger partial charge in [0.05, 0.1) is 6.04 Å². The Balaban J connectivity index is 2.48. The van der Waals surface area contributed by atoms with E-state index in [-0.39, 0.29) is 0 Å². The zero-order chi connectivity index (χ0) is 6.69. The molecule has 1 aliphatic carbocycles. The van der Waals surface area contributed by atoms with Gasteiger partial charge in [0.2, 0.25) is 0 Å². The number of allylic oxidation sites excluding steroid dienone is 1. The van der Waals surface area contributed by atoms with E-state index in [9.17, 15) is 0 Å². The molecule has 0 aromatic rings. The Morgan fingerprint density at radius 1 is 1.78 bits per heavy atom. The van der Waals surface area contributed by atoms with E-state index < -0.39 is 0 Å². The van der Waals surface area contributed by atoms with Crippen LogP contribution in [-0.4, -0.2) is 12.8 Å². The molecule has 1 nitrogen and oxygen atoms in total. The van der Waals surface area contributed by atoms with Gasteiger partial charge in [0, 0.05) is 0 Å². The fourth-order valence-corrected chi connectivity index (χ4v) is 1.24. The van der Waals surface area contributed by atoms with Crippen molar-refractivity contribution in [1.29, 1.82) is 0 Å². The lowest BCUT2D eigenvalue weighted by Crippen LogP contribution is -2.07. The molecule has 0 amide bonds. The Morgan fingerprint density at radius 3 is 3.00 bits per heavy atom. The van der Waals surface area contributed by atoms with Crippen LogP contribution in [0.5, 0.6) is 0 Å². The molecule has 0 fully saturated rings. The SMILES string of the molecule is C=NC1CCC=C(C)C1. The number of hydrogen-bond donors (Lipinski definition) is 0. The summed E-state index contributed by atoms with van der Waals surface area (Å²) in [5.74, 6) is 0. The Morgan fingerprint density at radius 2 is 2.56 bits per heavy atom. The van der Waals surface area contributed by atoms with E-state index in [0.29, 0.717) is 6.04 Å². The minimum Gasteiger partial charge on any atom is -0.297 e. The van der Waals surface area contributed by atoms with Crippen molar-refractivity contribution in [3.8, 4) is 0 Å². The molecule has 0 N–H and O–H groups in total. The van der Waals surface area contributed by atoms with Crippen molar-refractivity contribution in [1.82, 2.24) is 0 Å². The maximum absolute atomic E-state index is 4.01. The van der Waals surface area contributed by atoms with Gasteiger partial charge in [-0.05, 0) is 32.9 Å². The second kappa shape index (κ2) is 2.81. The average molecular weight is 123 g/mol. The zero-order valence-electron chi connectivity index (χ0n) is 5.93. The number of hydrogen-bond acceptors (Lipinski definition) is 1. The van der Waals surface area contributed by atoms with Crippen LogP contribution in [0, 0.1) is 0 Å². The van der Waals surface area contributed by atoms with Crippen LogP contribution >= 0.6 is 0 Å². The third kappa shape index (κ3) is 1.67. The van der Waals surface area contributed by atoms with Crippen molar-refractivity contribution >= 4 is 6.72 Å². The van der Waals surface area contributed by atoms with Crippen LogP contribution in [0.4, 0.5) is 0 Å². The van der Waals surface area contributed by atoms with Gasteiger partial charge in [-0.25, -0.2) is 0 Å². The Labute approximate surface area is 56.5 Å². The van der Waals surface area contributed by atoms with Gasteiger partial charge in [0.15, 0.2) is 0 Å². The maximum atomic E-state index is 4.01. The molecule has 1 atom stereocenters. The summed E-state index contributed by atoms with van der Waals surface area (Å²) in [6.07, 6.45) is 5.81. The minimum atomic E-state index is 0.509. The molecule has 0 aromatic heterocycles. The summed E-state index contributed by atoms with van der Waals surface area (Å²) < 4.78 is 0. The van der Waals surface area contributed by atoms with Crippen molar-refractivity contribution in [2.75, 3.05) is 0 Å². The number of rotatable bonds is 1. The molecular formula is C8H13N. The largest absolute Gasteiger partial charge is 0.297 e. The minimum absolute atomic E-state index is 0.509. The van der Waals surface area contributed by atoms with E-state index in [0.717, 1.165) is 6.42 Å². The lowest BCUT2D eigenvalue weighted by atomic mass is 9.96. The quantitative estimate of drug-likeness (QED) is 0.374. The highest BCUT2D eigenvalue weighted by Gasteiger charge is 2.09. The van der Waals surface area contributed by atoms with E-state index in [1.807, 2.05) is 0 Å². The molecule has 1 heteroatoms. The fraction of sp³-hybridized carbons (Fsp3) is 0.625. The third-order valence-electron chi connectivity index (χ3n) is 1.81. The topological polar surface area (TPSA) is 12.4 Å². The summed E-state index contributed by atoms with van der Waals surface area (Å²) in [4.78, 5) is 4.01. The Hall–Kier alpha value is -0.590. The molecule has 0 spiro atoms. The normalized spacial score (nSPS) is 27.2. The van der Waals surface area contributed by atoms with E-state index >= 15 is 0 Å². The zero-order valence-corrected chi connectivity index (χ0v) is 5.93. The van der Waals surface area contributed by atoms with Crippen molar-refractivity contribution in [3.63, 3.8) is 0 Å². The van der Waals surface area contributed by atoms with Crippen molar-refractivity contribution in [3.05, 3.63) is 11.6 Å². The molecule has 0 saturated carbocycles. The van der Waals surface area contributed by atoms with Crippen LogP contribution in [0.25, 0.3) is 0 Å². The predicted octanol–water partition coefficient (Wildman–Crippen LogP) is 2.19. The summed E-state index contributed by atoms with van der Waals surface area (Å²) in [7, 11) is 0. The first kappa shape index (κ1) is 6.53. The van der Waals surface area contributed by atoms with Crippen LogP contribution in [0.1, 0.15) is 26.2 Å². The predicted molar refractivity (Wildman–Crippen MR) is 40.9 cm³/mol. The molecule has 1 rings (SSSR count). The van der Waals surface area contributed by atoms with Gasteiger partial charge in [-0.3, -0.25) is 4.99 Å². The molecule has 50 valence electrons.